The monoisotopic (exact) mass is 482 g/mol. The summed E-state index contributed by atoms with van der Waals surface area (Å²) in [5, 5.41) is 10.1. The molecule has 0 aliphatic heterocycles. The van der Waals surface area contributed by atoms with Gasteiger partial charge in [-0.2, -0.15) is 23.2 Å². The molecule has 0 saturated heterocycles. The van der Waals surface area contributed by atoms with Gasteiger partial charge in [-0.3, -0.25) is 4.79 Å². The highest BCUT2D eigenvalue weighted by molar-refractivity contribution is 7.89. The highest BCUT2D eigenvalue weighted by Gasteiger charge is 2.65. The van der Waals surface area contributed by atoms with Crippen molar-refractivity contribution < 1.29 is 35.2 Å². The Bertz CT molecular complexity index is 1230. The minimum atomic E-state index is -4.82. The molecule has 1 saturated carbocycles. The Kier molecular flexibility index (Phi) is 5.54. The number of alkyl halides is 3. The number of carbonyl (C=O) groups excluding carboxylic acids is 1. The first-order valence-corrected chi connectivity index (χ1v) is 10.2. The number of nitriles is 1. The van der Waals surface area contributed by atoms with E-state index in [4.69, 9.17) is 16.9 Å². The van der Waals surface area contributed by atoms with Gasteiger partial charge in [0.05, 0.1) is 10.7 Å². The average molecular weight is 483 g/mol. The van der Waals surface area contributed by atoms with Crippen LogP contribution in [0.1, 0.15) is 28.9 Å². The molecular formula is C17H12ClF5N4O3S. The first-order chi connectivity index (χ1) is 14.2. The highest BCUT2D eigenvalue weighted by atomic mass is 35.5. The number of hydrogen-bond donors (Lipinski definition) is 2. The Balaban J connectivity index is 1.94. The first kappa shape index (κ1) is 23.0. The van der Waals surface area contributed by atoms with Crippen molar-refractivity contribution in [3.63, 3.8) is 0 Å². The van der Waals surface area contributed by atoms with Crippen LogP contribution in [-0.2, 0) is 17.1 Å². The quantitative estimate of drug-likeness (QED) is 0.637. The maximum atomic E-state index is 14.2. The third-order valence-corrected chi connectivity index (χ3v) is 6.71. The second-order valence-electron chi connectivity index (χ2n) is 6.80. The van der Waals surface area contributed by atoms with Crippen molar-refractivity contribution in [1.82, 2.24) is 9.29 Å². The fraction of sp³-hybridized carbons (Fsp3) is 0.294. The number of benzene rings is 1. The summed E-state index contributed by atoms with van der Waals surface area (Å²) in [5.74, 6) is -3.66. The van der Waals surface area contributed by atoms with Gasteiger partial charge in [0, 0.05) is 13.2 Å². The van der Waals surface area contributed by atoms with Crippen molar-refractivity contribution in [1.29, 1.82) is 5.26 Å². The third-order valence-electron chi connectivity index (χ3n) is 4.67. The Morgan fingerprint density at radius 3 is 2.42 bits per heavy atom. The van der Waals surface area contributed by atoms with Gasteiger partial charge < -0.3 is 9.88 Å². The van der Waals surface area contributed by atoms with Crippen LogP contribution in [0, 0.1) is 23.0 Å². The van der Waals surface area contributed by atoms with E-state index in [1.807, 2.05) is 5.32 Å². The topological polar surface area (TPSA) is 104 Å². The molecule has 1 heterocycles. The number of rotatable bonds is 5. The smallest absolute Gasteiger partial charge is 0.344 e. The Hall–Kier alpha value is -2.69. The van der Waals surface area contributed by atoms with E-state index in [0.29, 0.717) is 0 Å². The van der Waals surface area contributed by atoms with E-state index in [1.165, 1.54) is 13.1 Å². The van der Waals surface area contributed by atoms with Gasteiger partial charge in [-0.1, -0.05) is 11.6 Å². The maximum Gasteiger partial charge on any atom is 0.407 e. The standard InChI is InChI=1S/C17H12ClF5N4O3S/c1-27-7-11(31(29,30)26-16(4-5-16)17(21,22)23)12(18)14(27)15(28)25-10-3-2-9(19)8(6-24)13(10)20/h2-3,7,26H,4-5H2,1H3,(H,25,28). The number of aryl methyl sites for hydroxylation is 1. The lowest BCUT2D eigenvalue weighted by molar-refractivity contribution is -0.160. The molecule has 7 nitrogen and oxygen atoms in total. The summed E-state index contributed by atoms with van der Waals surface area (Å²) < 4.78 is 94.4. The van der Waals surface area contributed by atoms with Crippen LogP contribution in [0.4, 0.5) is 27.6 Å². The van der Waals surface area contributed by atoms with E-state index in [9.17, 15) is 35.2 Å². The zero-order valence-corrected chi connectivity index (χ0v) is 17.0. The van der Waals surface area contributed by atoms with Crippen LogP contribution in [0.3, 0.4) is 0 Å². The summed E-state index contributed by atoms with van der Waals surface area (Å²) in [6, 6.07) is 2.86. The van der Waals surface area contributed by atoms with Crippen LogP contribution in [0.15, 0.2) is 23.2 Å². The normalized spacial score (nSPS) is 15.4. The number of carbonyl (C=O) groups is 1. The number of anilines is 1. The molecule has 1 aromatic heterocycles. The van der Waals surface area contributed by atoms with E-state index in [2.05, 4.69) is 0 Å². The molecule has 3 rings (SSSR count). The Morgan fingerprint density at radius 1 is 1.29 bits per heavy atom. The van der Waals surface area contributed by atoms with E-state index in [0.717, 1.165) is 22.9 Å². The van der Waals surface area contributed by atoms with E-state index < -0.39 is 79.0 Å². The molecule has 0 atom stereocenters. The molecule has 1 aromatic carbocycles. The molecule has 0 radical (unpaired) electrons. The number of nitrogens with zero attached hydrogens (tertiary/aromatic N) is 2. The Labute approximate surface area is 177 Å². The molecule has 166 valence electrons. The summed E-state index contributed by atoms with van der Waals surface area (Å²) in [6.07, 6.45) is -4.88. The van der Waals surface area contributed by atoms with Gasteiger partial charge in [-0.15, -0.1) is 0 Å². The zero-order chi connectivity index (χ0) is 23.4. The van der Waals surface area contributed by atoms with Gasteiger partial charge in [0.15, 0.2) is 5.82 Å². The molecule has 2 N–H and O–H groups in total. The van der Waals surface area contributed by atoms with Crippen LogP contribution in [0.2, 0.25) is 5.02 Å². The minimum Gasteiger partial charge on any atom is -0.344 e. The first-order valence-electron chi connectivity index (χ1n) is 8.39. The van der Waals surface area contributed by atoms with Gasteiger partial charge in [-0.25, -0.2) is 17.2 Å². The lowest BCUT2D eigenvalue weighted by Gasteiger charge is -2.20. The molecule has 1 amide bonds. The van der Waals surface area contributed by atoms with Crippen molar-refractivity contribution in [2.45, 2.75) is 29.5 Å². The molecule has 1 aliphatic carbocycles. The van der Waals surface area contributed by atoms with Crippen molar-refractivity contribution in [3.05, 3.63) is 46.2 Å². The van der Waals surface area contributed by atoms with Gasteiger partial charge >= 0.3 is 6.18 Å². The number of nitrogens with one attached hydrogen (secondary N) is 2. The molecule has 0 spiro atoms. The number of amides is 1. The number of halogens is 6. The van der Waals surface area contributed by atoms with Crippen LogP contribution >= 0.6 is 11.6 Å². The maximum absolute atomic E-state index is 14.2. The van der Waals surface area contributed by atoms with Gasteiger partial charge in [0.1, 0.15) is 33.6 Å². The predicted molar refractivity (Wildman–Crippen MR) is 97.8 cm³/mol. The summed E-state index contributed by atoms with van der Waals surface area (Å²) in [7, 11) is -3.58. The van der Waals surface area contributed by atoms with E-state index >= 15 is 0 Å². The lowest BCUT2D eigenvalue weighted by atomic mass is 10.2. The number of sulfonamides is 1. The predicted octanol–water partition coefficient (Wildman–Crippen LogP) is 3.45. The van der Waals surface area contributed by atoms with Crippen LogP contribution in [-0.4, -0.2) is 30.6 Å². The highest BCUT2D eigenvalue weighted by Crippen LogP contribution is 2.50. The summed E-state index contributed by atoms with van der Waals surface area (Å²) in [4.78, 5) is 11.8. The molecule has 2 aromatic rings. The zero-order valence-electron chi connectivity index (χ0n) is 15.4. The second kappa shape index (κ2) is 7.47. The van der Waals surface area contributed by atoms with Crippen molar-refractivity contribution in [3.8, 4) is 6.07 Å². The minimum absolute atomic E-state index is 0.446. The van der Waals surface area contributed by atoms with Gasteiger partial charge in [0.25, 0.3) is 5.91 Å². The third kappa shape index (κ3) is 3.98. The second-order valence-corrected chi connectivity index (χ2v) is 8.83. The van der Waals surface area contributed by atoms with Crippen molar-refractivity contribution in [2.75, 3.05) is 5.32 Å². The molecule has 0 unspecified atom stereocenters. The lowest BCUT2D eigenvalue weighted by Crippen LogP contribution is -2.47. The average Bonchev–Trinajstić information content (AvgIpc) is 3.35. The number of aromatic nitrogens is 1. The summed E-state index contributed by atoms with van der Waals surface area (Å²) in [5.41, 5.74) is -4.65. The SMILES string of the molecule is Cn1cc(S(=O)(=O)NC2(C(F)(F)F)CC2)c(Cl)c1C(=O)Nc1ccc(F)c(C#N)c1F. The molecular weight excluding hydrogens is 471 g/mol. The Morgan fingerprint density at radius 2 is 1.90 bits per heavy atom. The number of hydrogen-bond acceptors (Lipinski definition) is 4. The largest absolute Gasteiger partial charge is 0.407 e. The van der Waals surface area contributed by atoms with E-state index in [1.54, 1.807) is 4.72 Å². The van der Waals surface area contributed by atoms with Crippen LogP contribution < -0.4 is 10.0 Å². The van der Waals surface area contributed by atoms with Crippen LogP contribution in [0.5, 0.6) is 0 Å². The molecule has 1 aliphatic rings. The van der Waals surface area contributed by atoms with Crippen molar-refractivity contribution in [2.24, 2.45) is 7.05 Å². The molecule has 14 heteroatoms. The fourth-order valence-corrected chi connectivity index (χ4v) is 4.98. The van der Waals surface area contributed by atoms with Gasteiger partial charge in [-0.05, 0) is 25.0 Å². The van der Waals surface area contributed by atoms with Gasteiger partial charge in [0.2, 0.25) is 10.0 Å². The summed E-state index contributed by atoms with van der Waals surface area (Å²) in [6.45, 7) is 0. The van der Waals surface area contributed by atoms with Crippen molar-refractivity contribution >= 4 is 33.2 Å². The molecule has 1 fully saturated rings. The van der Waals surface area contributed by atoms with E-state index in [-0.39, 0.29) is 0 Å². The fourth-order valence-electron chi connectivity index (χ4n) is 2.83. The van der Waals surface area contributed by atoms with Crippen LogP contribution in [0.25, 0.3) is 0 Å². The molecule has 0 bridgehead atoms. The summed E-state index contributed by atoms with van der Waals surface area (Å²) >= 11 is 5.97. The molecule has 31 heavy (non-hydrogen) atoms.